The van der Waals surface area contributed by atoms with Gasteiger partial charge in [0.15, 0.2) is 0 Å². The quantitative estimate of drug-likeness (QED) is 0.831. The molecule has 0 heterocycles. The van der Waals surface area contributed by atoms with Gasteiger partial charge in [-0.2, -0.15) is 0 Å². The molecule has 0 fully saturated rings. The predicted octanol–water partition coefficient (Wildman–Crippen LogP) is 2.01. The highest BCUT2D eigenvalue weighted by atomic mass is 16.5. The smallest absolute Gasteiger partial charge is 0.241 e. The maximum absolute atomic E-state index is 12.0. The fourth-order valence-electron chi connectivity index (χ4n) is 2.05. The Labute approximate surface area is 109 Å². The lowest BCUT2D eigenvalue weighted by Gasteiger charge is -2.20. The van der Waals surface area contributed by atoms with Crippen LogP contribution in [-0.2, 0) is 4.79 Å². The molecule has 100 valence electrons. The maximum Gasteiger partial charge on any atom is 0.241 e. The van der Waals surface area contributed by atoms with Crippen molar-refractivity contribution in [3.8, 4) is 5.75 Å². The number of nitrogens with zero attached hydrogens (tertiary/aromatic N) is 1. The van der Waals surface area contributed by atoms with Crippen LogP contribution in [-0.4, -0.2) is 32.1 Å². The van der Waals surface area contributed by atoms with Gasteiger partial charge < -0.3 is 4.74 Å². The van der Waals surface area contributed by atoms with Gasteiger partial charge >= 0.3 is 0 Å². The lowest BCUT2D eigenvalue weighted by Crippen LogP contribution is -2.38. The van der Waals surface area contributed by atoms with Crippen molar-refractivity contribution in [2.24, 2.45) is 0 Å². The molecule has 0 saturated carbocycles. The molecule has 1 unspecified atom stereocenters. The molecule has 0 spiro atoms. The van der Waals surface area contributed by atoms with E-state index in [0.717, 1.165) is 22.4 Å². The molecule has 0 saturated heterocycles. The number of carbonyl (C=O) groups excluding carboxylic acids is 1. The Bertz CT molecular complexity index is 442. The van der Waals surface area contributed by atoms with Crippen LogP contribution in [0.15, 0.2) is 12.1 Å². The molecule has 0 radical (unpaired) electrons. The van der Waals surface area contributed by atoms with Crippen LogP contribution < -0.4 is 10.2 Å². The van der Waals surface area contributed by atoms with Crippen molar-refractivity contribution in [2.75, 3.05) is 21.2 Å². The van der Waals surface area contributed by atoms with E-state index in [2.05, 4.69) is 11.5 Å². The van der Waals surface area contributed by atoms with E-state index in [1.54, 1.807) is 26.2 Å². The summed E-state index contributed by atoms with van der Waals surface area (Å²) in [6.07, 6.45) is 0. The molecule has 0 bridgehead atoms. The molecule has 4 heteroatoms. The second-order valence-corrected chi connectivity index (χ2v) is 4.80. The molecule has 0 aromatic heterocycles. The van der Waals surface area contributed by atoms with Crippen molar-refractivity contribution < 1.29 is 9.53 Å². The van der Waals surface area contributed by atoms with Crippen molar-refractivity contribution in [3.05, 3.63) is 28.8 Å². The molecule has 1 rings (SSSR count). The Morgan fingerprint density at radius 3 is 2.44 bits per heavy atom. The lowest BCUT2D eigenvalue weighted by molar-refractivity contribution is -0.126. The first-order valence-corrected chi connectivity index (χ1v) is 5.99. The minimum absolute atomic E-state index is 0.0386. The summed E-state index contributed by atoms with van der Waals surface area (Å²) in [7, 11) is 5.23. The molecule has 1 atom stereocenters. The first-order valence-electron chi connectivity index (χ1n) is 5.99. The summed E-state index contributed by atoms with van der Waals surface area (Å²) in [6.45, 7) is 5.90. The number of nitrogens with one attached hydrogen (secondary N) is 1. The number of amides is 1. The molecule has 1 N–H and O–H groups in total. The van der Waals surface area contributed by atoms with Crippen LogP contribution in [0.25, 0.3) is 0 Å². The van der Waals surface area contributed by atoms with Crippen LogP contribution in [0, 0.1) is 13.8 Å². The van der Waals surface area contributed by atoms with Crippen molar-refractivity contribution >= 4 is 5.91 Å². The van der Waals surface area contributed by atoms with Gasteiger partial charge in [-0.15, -0.1) is 0 Å². The summed E-state index contributed by atoms with van der Waals surface area (Å²) >= 11 is 0. The predicted molar refractivity (Wildman–Crippen MR) is 72.7 cm³/mol. The number of carbonyl (C=O) groups is 1. The van der Waals surface area contributed by atoms with Crippen LogP contribution in [0.4, 0.5) is 0 Å². The highest BCUT2D eigenvalue weighted by Crippen LogP contribution is 2.31. The van der Waals surface area contributed by atoms with Gasteiger partial charge in [0.2, 0.25) is 5.91 Å². The Morgan fingerprint density at radius 1 is 1.33 bits per heavy atom. The van der Waals surface area contributed by atoms with Crippen LogP contribution in [0.1, 0.15) is 29.5 Å². The van der Waals surface area contributed by atoms with Crippen LogP contribution in [0.3, 0.4) is 0 Å². The second kappa shape index (κ2) is 5.87. The highest BCUT2D eigenvalue weighted by Gasteiger charge is 2.21. The third-order valence-corrected chi connectivity index (χ3v) is 2.85. The summed E-state index contributed by atoms with van der Waals surface area (Å²) in [5.41, 5.74) is 5.88. The minimum Gasteiger partial charge on any atom is -0.496 e. The fourth-order valence-corrected chi connectivity index (χ4v) is 2.05. The first-order chi connectivity index (χ1) is 8.36. The number of hydrogen-bond donors (Lipinski definition) is 1. The highest BCUT2D eigenvalue weighted by molar-refractivity contribution is 5.83. The average molecular weight is 250 g/mol. The van der Waals surface area contributed by atoms with Crippen molar-refractivity contribution in [2.45, 2.75) is 26.7 Å². The summed E-state index contributed by atoms with van der Waals surface area (Å²) in [4.78, 5) is 12.0. The molecule has 0 aliphatic rings. The zero-order valence-electron chi connectivity index (χ0n) is 12.0. The van der Waals surface area contributed by atoms with Gasteiger partial charge in [-0.05, 0) is 26.3 Å². The molecule has 1 amide bonds. The van der Waals surface area contributed by atoms with Crippen molar-refractivity contribution in [1.29, 1.82) is 0 Å². The fraction of sp³-hybridized carbons (Fsp3) is 0.500. The van der Waals surface area contributed by atoms with Gasteiger partial charge in [-0.25, -0.2) is 5.01 Å². The third-order valence-electron chi connectivity index (χ3n) is 2.85. The number of hydrogen-bond acceptors (Lipinski definition) is 3. The number of rotatable bonds is 4. The number of ether oxygens (including phenoxy) is 1. The largest absolute Gasteiger partial charge is 0.496 e. The lowest BCUT2D eigenvalue weighted by atomic mass is 9.95. The van der Waals surface area contributed by atoms with Gasteiger partial charge in [0.1, 0.15) is 5.75 Å². The molecule has 1 aromatic rings. The number of methoxy groups -OCH3 is 1. The number of aryl methyl sites for hydroxylation is 2. The SMILES string of the molecule is COc1c(C)cc(C)cc1C(C)C(=O)NN(C)C. The number of hydrazine groups is 1. The summed E-state index contributed by atoms with van der Waals surface area (Å²) in [6, 6.07) is 4.06. The summed E-state index contributed by atoms with van der Waals surface area (Å²) in [5.74, 6) is 0.506. The third kappa shape index (κ3) is 3.23. The van der Waals surface area contributed by atoms with Gasteiger partial charge in [-0.1, -0.05) is 17.7 Å². The molecule has 0 aliphatic heterocycles. The minimum atomic E-state index is -0.249. The van der Waals surface area contributed by atoms with Crippen LogP contribution in [0.5, 0.6) is 5.75 Å². The Hall–Kier alpha value is -1.55. The van der Waals surface area contributed by atoms with E-state index in [-0.39, 0.29) is 11.8 Å². The maximum atomic E-state index is 12.0. The van der Waals surface area contributed by atoms with Crippen LogP contribution >= 0.6 is 0 Å². The molecule has 18 heavy (non-hydrogen) atoms. The van der Waals surface area contributed by atoms with E-state index in [1.165, 1.54) is 0 Å². The summed E-state index contributed by atoms with van der Waals surface area (Å²) in [5, 5.41) is 1.65. The van der Waals surface area contributed by atoms with Crippen molar-refractivity contribution in [1.82, 2.24) is 10.4 Å². The van der Waals surface area contributed by atoms with Crippen molar-refractivity contribution in [3.63, 3.8) is 0 Å². The van der Waals surface area contributed by atoms with E-state index in [0.29, 0.717) is 0 Å². The Kier molecular flexibility index (Phi) is 4.73. The molecular formula is C14H22N2O2. The van der Waals surface area contributed by atoms with Gasteiger partial charge in [0, 0.05) is 19.7 Å². The van der Waals surface area contributed by atoms with Gasteiger partial charge in [0.05, 0.1) is 13.0 Å². The van der Waals surface area contributed by atoms with E-state index in [9.17, 15) is 4.79 Å². The Morgan fingerprint density at radius 2 is 1.94 bits per heavy atom. The second-order valence-electron chi connectivity index (χ2n) is 4.80. The molecule has 0 aliphatic carbocycles. The van der Waals surface area contributed by atoms with E-state index in [4.69, 9.17) is 4.74 Å². The zero-order chi connectivity index (χ0) is 13.9. The van der Waals surface area contributed by atoms with Crippen LogP contribution in [0.2, 0.25) is 0 Å². The van der Waals surface area contributed by atoms with Gasteiger partial charge in [-0.3, -0.25) is 10.2 Å². The standard InChI is InChI=1S/C14H22N2O2/c1-9-7-10(2)13(18-6)12(8-9)11(3)14(17)15-16(4)5/h7-8,11H,1-6H3,(H,15,17). The normalized spacial score (nSPS) is 12.4. The topological polar surface area (TPSA) is 41.6 Å². The van der Waals surface area contributed by atoms with E-state index < -0.39 is 0 Å². The van der Waals surface area contributed by atoms with E-state index in [1.807, 2.05) is 26.8 Å². The average Bonchev–Trinajstić information content (AvgIpc) is 2.26. The monoisotopic (exact) mass is 250 g/mol. The Balaban J connectivity index is 3.11. The molecule has 4 nitrogen and oxygen atoms in total. The summed E-state index contributed by atoms with van der Waals surface area (Å²) < 4.78 is 5.41. The first kappa shape index (κ1) is 14.5. The molecular weight excluding hydrogens is 228 g/mol. The zero-order valence-corrected chi connectivity index (χ0v) is 12.0. The van der Waals surface area contributed by atoms with Gasteiger partial charge in [0.25, 0.3) is 0 Å². The van der Waals surface area contributed by atoms with E-state index >= 15 is 0 Å². The molecule has 1 aromatic carbocycles. The number of benzene rings is 1.